The lowest BCUT2D eigenvalue weighted by atomic mass is 10.1. The number of hydrogen-bond donors (Lipinski definition) is 1. The smallest absolute Gasteiger partial charge is 0.410 e. The molecule has 2 atom stereocenters. The Morgan fingerprint density at radius 2 is 2.10 bits per heavy atom. The maximum atomic E-state index is 12.1. The van der Waals surface area contributed by atoms with Crippen LogP contribution in [-0.2, 0) is 4.74 Å². The molecule has 0 spiro atoms. The van der Waals surface area contributed by atoms with Crippen LogP contribution in [0.5, 0.6) is 0 Å². The fourth-order valence-electron chi connectivity index (χ4n) is 2.47. The average Bonchev–Trinajstić information content (AvgIpc) is 2.52. The normalized spacial score (nSPS) is 22.2. The third-order valence-electron chi connectivity index (χ3n) is 3.32. The van der Waals surface area contributed by atoms with Crippen LogP contribution in [-0.4, -0.2) is 53.8 Å². The van der Waals surface area contributed by atoms with Crippen molar-refractivity contribution in [1.29, 1.82) is 0 Å². The standard InChI is InChI=1S/C15H30N2O2S/c1-12(11-20-5)16-13-7-6-9-17(10-8-13)14(18)19-15(2,3)4/h12-13,16H,6-11H2,1-5H3. The highest BCUT2D eigenvalue weighted by Crippen LogP contribution is 2.16. The van der Waals surface area contributed by atoms with Crippen molar-refractivity contribution < 1.29 is 9.53 Å². The summed E-state index contributed by atoms with van der Waals surface area (Å²) < 4.78 is 5.45. The van der Waals surface area contributed by atoms with Crippen molar-refractivity contribution in [1.82, 2.24) is 10.2 Å². The molecule has 0 bridgehead atoms. The van der Waals surface area contributed by atoms with E-state index in [-0.39, 0.29) is 6.09 Å². The largest absolute Gasteiger partial charge is 0.444 e. The van der Waals surface area contributed by atoms with Crippen LogP contribution in [0.15, 0.2) is 0 Å². The molecular formula is C15H30N2O2S. The predicted molar refractivity (Wildman–Crippen MR) is 86.4 cm³/mol. The van der Waals surface area contributed by atoms with Crippen molar-refractivity contribution in [3.63, 3.8) is 0 Å². The van der Waals surface area contributed by atoms with Crippen LogP contribution in [0.4, 0.5) is 4.79 Å². The number of nitrogens with zero attached hydrogens (tertiary/aromatic N) is 1. The number of thioether (sulfide) groups is 1. The summed E-state index contributed by atoms with van der Waals surface area (Å²) in [5, 5.41) is 3.67. The Balaban J connectivity index is 2.41. The molecule has 0 aromatic heterocycles. The maximum absolute atomic E-state index is 12.1. The molecule has 2 unspecified atom stereocenters. The number of nitrogens with one attached hydrogen (secondary N) is 1. The lowest BCUT2D eigenvalue weighted by molar-refractivity contribution is 0.0256. The van der Waals surface area contributed by atoms with Gasteiger partial charge in [0.05, 0.1) is 0 Å². The zero-order valence-corrected chi connectivity index (χ0v) is 14.4. The highest BCUT2D eigenvalue weighted by molar-refractivity contribution is 7.98. The Kier molecular flexibility index (Phi) is 7.17. The summed E-state index contributed by atoms with van der Waals surface area (Å²) in [4.78, 5) is 13.9. The first-order valence-electron chi connectivity index (χ1n) is 7.54. The summed E-state index contributed by atoms with van der Waals surface area (Å²) >= 11 is 1.87. The van der Waals surface area contributed by atoms with Crippen LogP contribution in [0.2, 0.25) is 0 Å². The van der Waals surface area contributed by atoms with E-state index < -0.39 is 5.60 Å². The molecule has 1 heterocycles. The molecule has 20 heavy (non-hydrogen) atoms. The molecule has 0 aromatic rings. The van der Waals surface area contributed by atoms with Crippen molar-refractivity contribution in [2.75, 3.05) is 25.1 Å². The summed E-state index contributed by atoms with van der Waals surface area (Å²) in [6.45, 7) is 9.57. The summed E-state index contributed by atoms with van der Waals surface area (Å²) in [5.41, 5.74) is -0.409. The number of ether oxygens (including phenoxy) is 1. The molecule has 0 radical (unpaired) electrons. The molecular weight excluding hydrogens is 272 g/mol. The van der Waals surface area contributed by atoms with Gasteiger partial charge in [-0.25, -0.2) is 4.79 Å². The second-order valence-corrected chi connectivity index (χ2v) is 7.53. The van der Waals surface area contributed by atoms with E-state index in [2.05, 4.69) is 18.5 Å². The first-order chi connectivity index (χ1) is 9.31. The van der Waals surface area contributed by atoms with Crippen LogP contribution in [0.3, 0.4) is 0 Å². The Bertz CT molecular complexity index is 305. The highest BCUT2D eigenvalue weighted by atomic mass is 32.2. The van der Waals surface area contributed by atoms with Gasteiger partial charge in [-0.2, -0.15) is 11.8 Å². The van der Waals surface area contributed by atoms with Crippen LogP contribution in [0.1, 0.15) is 47.0 Å². The quantitative estimate of drug-likeness (QED) is 0.866. The number of hydrogen-bond acceptors (Lipinski definition) is 4. The van der Waals surface area contributed by atoms with Crippen molar-refractivity contribution in [3.05, 3.63) is 0 Å². The monoisotopic (exact) mass is 302 g/mol. The van der Waals surface area contributed by atoms with Gasteiger partial charge in [-0.1, -0.05) is 0 Å². The molecule has 0 aromatic carbocycles. The predicted octanol–water partition coefficient (Wildman–Crippen LogP) is 3.12. The van der Waals surface area contributed by atoms with Gasteiger partial charge in [0.2, 0.25) is 0 Å². The molecule has 1 aliphatic rings. The molecule has 1 aliphatic heterocycles. The third-order valence-corrected chi connectivity index (χ3v) is 4.15. The maximum Gasteiger partial charge on any atom is 0.410 e. The number of likely N-dealkylation sites (tertiary alicyclic amines) is 1. The van der Waals surface area contributed by atoms with Crippen molar-refractivity contribution in [2.45, 2.75) is 64.6 Å². The Labute approximate surface area is 128 Å². The topological polar surface area (TPSA) is 41.6 Å². The Hall–Kier alpha value is -0.420. The van der Waals surface area contributed by atoms with E-state index in [9.17, 15) is 4.79 Å². The van der Waals surface area contributed by atoms with Crippen LogP contribution >= 0.6 is 11.8 Å². The molecule has 1 amide bonds. The minimum atomic E-state index is -0.409. The lowest BCUT2D eigenvalue weighted by Gasteiger charge is -2.26. The van der Waals surface area contributed by atoms with Gasteiger partial charge in [0.15, 0.2) is 0 Å². The number of carbonyl (C=O) groups excluding carboxylic acids is 1. The van der Waals surface area contributed by atoms with Gasteiger partial charge in [-0.3, -0.25) is 0 Å². The molecule has 1 rings (SSSR count). The van der Waals surface area contributed by atoms with Crippen LogP contribution in [0.25, 0.3) is 0 Å². The van der Waals surface area contributed by atoms with E-state index in [0.29, 0.717) is 12.1 Å². The van der Waals surface area contributed by atoms with Crippen LogP contribution in [0, 0.1) is 0 Å². The second-order valence-electron chi connectivity index (χ2n) is 6.62. The van der Waals surface area contributed by atoms with Gasteiger partial charge in [0, 0.05) is 30.9 Å². The van der Waals surface area contributed by atoms with E-state index in [4.69, 9.17) is 4.74 Å². The van der Waals surface area contributed by atoms with E-state index in [1.807, 2.05) is 37.4 Å². The minimum absolute atomic E-state index is 0.171. The SMILES string of the molecule is CSCC(C)NC1CCCN(C(=O)OC(C)(C)C)CC1. The number of rotatable bonds is 4. The van der Waals surface area contributed by atoms with E-state index in [1.54, 1.807) is 0 Å². The highest BCUT2D eigenvalue weighted by Gasteiger charge is 2.25. The fraction of sp³-hybridized carbons (Fsp3) is 0.933. The number of amides is 1. The zero-order chi connectivity index (χ0) is 15.2. The van der Waals surface area contributed by atoms with E-state index >= 15 is 0 Å². The van der Waals surface area contributed by atoms with Gasteiger partial charge in [0.1, 0.15) is 5.60 Å². The first-order valence-corrected chi connectivity index (χ1v) is 8.94. The van der Waals surface area contributed by atoms with Gasteiger partial charge >= 0.3 is 6.09 Å². The third kappa shape index (κ3) is 6.84. The Morgan fingerprint density at radius 3 is 2.70 bits per heavy atom. The van der Waals surface area contributed by atoms with Gasteiger partial charge in [0.25, 0.3) is 0 Å². The summed E-state index contributed by atoms with van der Waals surface area (Å²) in [6.07, 6.45) is 5.16. The summed E-state index contributed by atoms with van der Waals surface area (Å²) in [6, 6.07) is 1.05. The average molecular weight is 302 g/mol. The van der Waals surface area contributed by atoms with E-state index in [0.717, 1.165) is 38.1 Å². The van der Waals surface area contributed by atoms with Crippen molar-refractivity contribution >= 4 is 17.9 Å². The van der Waals surface area contributed by atoms with E-state index in [1.165, 1.54) is 0 Å². The zero-order valence-electron chi connectivity index (χ0n) is 13.6. The minimum Gasteiger partial charge on any atom is -0.444 e. The molecule has 118 valence electrons. The first kappa shape index (κ1) is 17.6. The van der Waals surface area contributed by atoms with Gasteiger partial charge < -0.3 is 15.0 Å². The van der Waals surface area contributed by atoms with Crippen molar-refractivity contribution in [2.24, 2.45) is 0 Å². The second kappa shape index (κ2) is 8.13. The van der Waals surface area contributed by atoms with Gasteiger partial charge in [-0.05, 0) is 53.2 Å². The Morgan fingerprint density at radius 1 is 1.40 bits per heavy atom. The summed E-state index contributed by atoms with van der Waals surface area (Å²) in [7, 11) is 0. The molecule has 1 fully saturated rings. The van der Waals surface area contributed by atoms with Crippen LogP contribution < -0.4 is 5.32 Å². The van der Waals surface area contributed by atoms with Crippen molar-refractivity contribution in [3.8, 4) is 0 Å². The molecule has 0 saturated carbocycles. The lowest BCUT2D eigenvalue weighted by Crippen LogP contribution is -2.40. The molecule has 5 heteroatoms. The molecule has 4 nitrogen and oxygen atoms in total. The molecule has 1 N–H and O–H groups in total. The van der Waals surface area contributed by atoms with Gasteiger partial charge in [-0.15, -0.1) is 0 Å². The number of carbonyl (C=O) groups is 1. The molecule has 1 saturated heterocycles. The molecule has 0 aliphatic carbocycles. The summed E-state index contributed by atoms with van der Waals surface area (Å²) in [5.74, 6) is 1.13. The fourth-order valence-corrected chi connectivity index (χ4v) is 3.07.